The average molecular weight is 223 g/mol. The van der Waals surface area contributed by atoms with E-state index >= 15 is 0 Å². The van der Waals surface area contributed by atoms with Crippen LogP contribution in [0, 0.1) is 0 Å². The maximum absolute atomic E-state index is 10.6. The Hall–Kier alpha value is -2.49. The van der Waals surface area contributed by atoms with Crippen LogP contribution in [-0.2, 0) is 0 Å². The van der Waals surface area contributed by atoms with Crippen molar-refractivity contribution >= 4 is 17.2 Å². The van der Waals surface area contributed by atoms with Crippen molar-refractivity contribution in [1.29, 1.82) is 0 Å². The molecular weight excluding hydrogens is 214 g/mol. The SMILES string of the molecule is O=Cc1cnc(-c2ccc3ccccc3n2)[nH]1. The number of nitrogens with one attached hydrogen (secondary N) is 1. The summed E-state index contributed by atoms with van der Waals surface area (Å²) in [7, 11) is 0. The van der Waals surface area contributed by atoms with Crippen molar-refractivity contribution in [1.82, 2.24) is 15.0 Å². The first-order chi connectivity index (χ1) is 8.36. The number of nitrogens with zero attached hydrogens (tertiary/aromatic N) is 2. The Morgan fingerprint density at radius 2 is 2.00 bits per heavy atom. The van der Waals surface area contributed by atoms with E-state index < -0.39 is 0 Å². The molecule has 0 fully saturated rings. The molecule has 2 aromatic heterocycles. The molecule has 0 aliphatic carbocycles. The summed E-state index contributed by atoms with van der Waals surface area (Å²) in [6.45, 7) is 0. The summed E-state index contributed by atoms with van der Waals surface area (Å²) in [4.78, 5) is 22.1. The minimum atomic E-state index is 0.454. The minimum Gasteiger partial charge on any atom is -0.334 e. The standard InChI is InChI=1S/C13H9N3O/c17-8-10-7-14-13(15-10)12-6-5-9-3-1-2-4-11(9)16-12/h1-8H,(H,14,15). The number of imidazole rings is 1. The van der Waals surface area contributed by atoms with Crippen molar-refractivity contribution < 1.29 is 4.79 Å². The van der Waals surface area contributed by atoms with Crippen molar-refractivity contribution in [2.45, 2.75) is 0 Å². The second-order valence-electron chi connectivity index (χ2n) is 3.69. The maximum Gasteiger partial charge on any atom is 0.167 e. The number of H-pyrrole nitrogens is 1. The molecule has 17 heavy (non-hydrogen) atoms. The quantitative estimate of drug-likeness (QED) is 0.679. The first-order valence-electron chi connectivity index (χ1n) is 5.23. The molecule has 1 N–H and O–H groups in total. The van der Waals surface area contributed by atoms with E-state index in [-0.39, 0.29) is 0 Å². The fourth-order valence-electron chi connectivity index (χ4n) is 1.72. The third-order valence-electron chi connectivity index (χ3n) is 2.56. The number of aldehydes is 1. The highest BCUT2D eigenvalue weighted by Crippen LogP contribution is 2.18. The number of carbonyl (C=O) groups is 1. The summed E-state index contributed by atoms with van der Waals surface area (Å²) < 4.78 is 0. The summed E-state index contributed by atoms with van der Waals surface area (Å²) in [5.74, 6) is 0.609. The second kappa shape index (κ2) is 3.83. The third-order valence-corrected chi connectivity index (χ3v) is 2.56. The molecule has 0 spiro atoms. The third kappa shape index (κ3) is 1.69. The number of para-hydroxylation sites is 1. The summed E-state index contributed by atoms with van der Waals surface area (Å²) in [5, 5.41) is 1.08. The van der Waals surface area contributed by atoms with E-state index in [2.05, 4.69) is 15.0 Å². The highest BCUT2D eigenvalue weighted by atomic mass is 16.1. The number of carbonyl (C=O) groups excluding carboxylic acids is 1. The number of rotatable bonds is 2. The second-order valence-corrected chi connectivity index (χ2v) is 3.69. The molecule has 1 aromatic carbocycles. The molecule has 0 bridgehead atoms. The molecule has 0 saturated heterocycles. The molecular formula is C13H9N3O. The maximum atomic E-state index is 10.6. The fourth-order valence-corrected chi connectivity index (χ4v) is 1.72. The van der Waals surface area contributed by atoms with Gasteiger partial charge in [-0.05, 0) is 12.1 Å². The molecule has 0 aliphatic heterocycles. The molecule has 3 rings (SSSR count). The molecule has 2 heterocycles. The molecule has 0 aliphatic rings. The Kier molecular flexibility index (Phi) is 2.19. The summed E-state index contributed by atoms with van der Waals surface area (Å²) in [6.07, 6.45) is 2.23. The smallest absolute Gasteiger partial charge is 0.167 e. The van der Waals surface area contributed by atoms with Gasteiger partial charge in [0.15, 0.2) is 12.1 Å². The number of aromatic amines is 1. The van der Waals surface area contributed by atoms with Gasteiger partial charge >= 0.3 is 0 Å². The van der Waals surface area contributed by atoms with Gasteiger partial charge < -0.3 is 4.98 Å². The number of aromatic nitrogens is 3. The van der Waals surface area contributed by atoms with Crippen molar-refractivity contribution in [2.24, 2.45) is 0 Å². The van der Waals surface area contributed by atoms with E-state index in [1.165, 1.54) is 6.20 Å². The highest BCUT2D eigenvalue weighted by molar-refractivity contribution is 5.81. The van der Waals surface area contributed by atoms with Crippen molar-refractivity contribution in [3.8, 4) is 11.5 Å². The zero-order valence-corrected chi connectivity index (χ0v) is 8.92. The van der Waals surface area contributed by atoms with Crippen LogP contribution in [0.3, 0.4) is 0 Å². The Balaban J connectivity index is 2.14. The Labute approximate surface area is 97.3 Å². The van der Waals surface area contributed by atoms with Crippen molar-refractivity contribution in [3.63, 3.8) is 0 Å². The van der Waals surface area contributed by atoms with Gasteiger partial charge in [-0.25, -0.2) is 9.97 Å². The van der Waals surface area contributed by atoms with Crippen LogP contribution in [0.15, 0.2) is 42.6 Å². The van der Waals surface area contributed by atoms with E-state index in [1.807, 2.05) is 36.4 Å². The number of hydrogen-bond acceptors (Lipinski definition) is 3. The van der Waals surface area contributed by atoms with Gasteiger partial charge in [0.2, 0.25) is 0 Å². The zero-order chi connectivity index (χ0) is 11.7. The van der Waals surface area contributed by atoms with Gasteiger partial charge in [-0.3, -0.25) is 4.79 Å². The van der Waals surface area contributed by atoms with Crippen LogP contribution in [0.1, 0.15) is 10.5 Å². The lowest BCUT2D eigenvalue weighted by atomic mass is 10.2. The lowest BCUT2D eigenvalue weighted by molar-refractivity contribution is 0.111. The van der Waals surface area contributed by atoms with Crippen LogP contribution >= 0.6 is 0 Å². The van der Waals surface area contributed by atoms with Crippen LogP contribution < -0.4 is 0 Å². The van der Waals surface area contributed by atoms with Gasteiger partial charge in [-0.2, -0.15) is 0 Å². The molecule has 4 heteroatoms. The summed E-state index contributed by atoms with van der Waals surface area (Å²) >= 11 is 0. The Morgan fingerprint density at radius 1 is 1.12 bits per heavy atom. The summed E-state index contributed by atoms with van der Waals surface area (Å²) in [5.41, 5.74) is 2.10. The highest BCUT2D eigenvalue weighted by Gasteiger charge is 2.05. The predicted octanol–water partition coefficient (Wildman–Crippen LogP) is 2.44. The summed E-state index contributed by atoms with van der Waals surface area (Å²) in [6, 6.07) is 11.7. The van der Waals surface area contributed by atoms with E-state index in [0.29, 0.717) is 11.5 Å². The molecule has 0 saturated carbocycles. The number of fused-ring (bicyclic) bond motifs is 1. The molecule has 0 amide bonds. The predicted molar refractivity (Wildman–Crippen MR) is 64.7 cm³/mol. The van der Waals surface area contributed by atoms with Crippen LogP contribution in [0.4, 0.5) is 0 Å². The fraction of sp³-hybridized carbons (Fsp3) is 0. The van der Waals surface area contributed by atoms with Crippen molar-refractivity contribution in [3.05, 3.63) is 48.3 Å². The number of pyridine rings is 1. The van der Waals surface area contributed by atoms with Crippen LogP contribution in [0.25, 0.3) is 22.4 Å². The molecule has 0 atom stereocenters. The molecule has 0 radical (unpaired) electrons. The zero-order valence-electron chi connectivity index (χ0n) is 8.92. The number of hydrogen-bond donors (Lipinski definition) is 1. The lowest BCUT2D eigenvalue weighted by Gasteiger charge is -1.99. The molecule has 0 unspecified atom stereocenters. The molecule has 3 aromatic rings. The van der Waals surface area contributed by atoms with Crippen LogP contribution in [0.5, 0.6) is 0 Å². The Bertz CT molecular complexity index is 688. The first-order valence-corrected chi connectivity index (χ1v) is 5.23. The van der Waals surface area contributed by atoms with E-state index in [0.717, 1.165) is 22.9 Å². The monoisotopic (exact) mass is 223 g/mol. The van der Waals surface area contributed by atoms with Crippen molar-refractivity contribution in [2.75, 3.05) is 0 Å². The average Bonchev–Trinajstić information content (AvgIpc) is 2.87. The van der Waals surface area contributed by atoms with E-state index in [9.17, 15) is 4.79 Å². The van der Waals surface area contributed by atoms with Crippen LogP contribution in [-0.4, -0.2) is 21.2 Å². The van der Waals surface area contributed by atoms with Gasteiger partial charge in [-0.1, -0.05) is 24.3 Å². The van der Waals surface area contributed by atoms with Crippen LogP contribution in [0.2, 0.25) is 0 Å². The topological polar surface area (TPSA) is 58.6 Å². The van der Waals surface area contributed by atoms with Gasteiger partial charge in [-0.15, -0.1) is 0 Å². The molecule has 82 valence electrons. The first kappa shape index (κ1) is 9.72. The largest absolute Gasteiger partial charge is 0.334 e. The van der Waals surface area contributed by atoms with Gasteiger partial charge in [0.25, 0.3) is 0 Å². The lowest BCUT2D eigenvalue weighted by Crippen LogP contribution is -1.87. The van der Waals surface area contributed by atoms with Gasteiger partial charge in [0, 0.05) is 5.39 Å². The van der Waals surface area contributed by atoms with E-state index in [1.54, 1.807) is 0 Å². The van der Waals surface area contributed by atoms with Gasteiger partial charge in [0.05, 0.1) is 17.4 Å². The minimum absolute atomic E-state index is 0.454. The Morgan fingerprint density at radius 3 is 2.82 bits per heavy atom. The molecule has 4 nitrogen and oxygen atoms in total. The van der Waals surface area contributed by atoms with Gasteiger partial charge in [0.1, 0.15) is 5.69 Å². The van der Waals surface area contributed by atoms with E-state index in [4.69, 9.17) is 0 Å². The normalized spacial score (nSPS) is 10.6. The number of benzene rings is 1.